The first-order valence-corrected chi connectivity index (χ1v) is 5.28. The molecule has 0 aromatic heterocycles. The van der Waals surface area contributed by atoms with Crippen LogP contribution in [0.3, 0.4) is 0 Å². The fourth-order valence-electron chi connectivity index (χ4n) is 1.58. The van der Waals surface area contributed by atoms with Crippen LogP contribution >= 0.6 is 22.6 Å². The predicted octanol–water partition coefficient (Wildman–Crippen LogP) is 1.70. The lowest BCUT2D eigenvalue weighted by Crippen LogP contribution is -2.28. The molecule has 0 aliphatic heterocycles. The highest BCUT2D eigenvalue weighted by molar-refractivity contribution is 14.1. The van der Waals surface area contributed by atoms with Crippen LogP contribution in [0.4, 0.5) is 0 Å². The van der Waals surface area contributed by atoms with E-state index in [1.54, 1.807) is 0 Å². The zero-order valence-corrected chi connectivity index (χ0v) is 9.13. The molecule has 0 aromatic carbocycles. The average molecular weight is 280 g/mol. The van der Waals surface area contributed by atoms with E-state index in [-0.39, 0.29) is 12.2 Å². The predicted molar refractivity (Wildman–Crippen MR) is 56.0 cm³/mol. The fourth-order valence-corrected chi connectivity index (χ4v) is 2.07. The van der Waals surface area contributed by atoms with Crippen LogP contribution in [0.15, 0.2) is 0 Å². The van der Waals surface area contributed by atoms with Gasteiger partial charge in [0.25, 0.3) is 0 Å². The van der Waals surface area contributed by atoms with Crippen molar-refractivity contribution in [2.75, 3.05) is 13.2 Å². The van der Waals surface area contributed by atoms with Gasteiger partial charge in [-0.2, -0.15) is 0 Å². The molecule has 12 heavy (non-hydrogen) atoms. The first kappa shape index (κ1) is 10.3. The van der Waals surface area contributed by atoms with E-state index >= 15 is 0 Å². The fraction of sp³-hybridized carbons (Fsp3) is 0.778. The van der Waals surface area contributed by atoms with Crippen LogP contribution < -0.4 is 0 Å². The summed E-state index contributed by atoms with van der Waals surface area (Å²) in [5.74, 6) is 3.10. The van der Waals surface area contributed by atoms with E-state index in [0.29, 0.717) is 6.61 Å². The number of hydrogen-bond acceptors (Lipinski definition) is 2. The molecule has 0 heterocycles. The Morgan fingerprint density at radius 3 is 2.58 bits per heavy atom. The van der Waals surface area contributed by atoms with Gasteiger partial charge in [-0.25, -0.2) is 0 Å². The third-order valence-electron chi connectivity index (χ3n) is 2.16. The molecule has 1 N–H and O–H groups in total. The first-order chi connectivity index (χ1) is 5.83. The summed E-state index contributed by atoms with van der Waals surface area (Å²) in [7, 11) is 0. The van der Waals surface area contributed by atoms with Crippen LogP contribution in [0.25, 0.3) is 0 Å². The van der Waals surface area contributed by atoms with Crippen LogP contribution in [0.2, 0.25) is 0 Å². The van der Waals surface area contributed by atoms with Gasteiger partial charge in [-0.05, 0) is 29.6 Å². The molecule has 1 fully saturated rings. The first-order valence-electron chi connectivity index (χ1n) is 4.21. The summed E-state index contributed by atoms with van der Waals surface area (Å²) in [6, 6.07) is 0. The molecule has 0 saturated heterocycles. The maximum atomic E-state index is 8.63. The highest BCUT2D eigenvalue weighted by Gasteiger charge is 2.32. The highest BCUT2D eigenvalue weighted by Crippen LogP contribution is 2.32. The van der Waals surface area contributed by atoms with Gasteiger partial charge >= 0.3 is 0 Å². The Morgan fingerprint density at radius 2 is 2.08 bits per heavy atom. The van der Waals surface area contributed by atoms with Gasteiger partial charge < -0.3 is 9.84 Å². The average Bonchev–Trinajstić information content (AvgIpc) is 2.51. The minimum atomic E-state index is -0.232. The largest absolute Gasteiger partial charge is 0.394 e. The van der Waals surface area contributed by atoms with Crippen LogP contribution in [0, 0.1) is 9.85 Å². The normalized spacial score (nSPS) is 20.2. The van der Waals surface area contributed by atoms with Gasteiger partial charge in [0, 0.05) is 22.6 Å². The molecule has 0 radical (unpaired) electrons. The number of hydrogen-bond donors (Lipinski definition) is 1. The molecule has 0 spiro atoms. The van der Waals surface area contributed by atoms with Gasteiger partial charge in [0.15, 0.2) is 0 Å². The van der Waals surface area contributed by atoms with E-state index in [2.05, 4.69) is 9.85 Å². The molecule has 2 nitrogen and oxygen atoms in total. The Labute approximate surface area is 86.8 Å². The Hall–Kier alpha value is 0.210. The second-order valence-corrected chi connectivity index (χ2v) is 3.53. The highest BCUT2D eigenvalue weighted by atomic mass is 127. The Kier molecular flexibility index (Phi) is 4.33. The van der Waals surface area contributed by atoms with Gasteiger partial charge in [-0.3, -0.25) is 0 Å². The number of aliphatic hydroxyl groups excluding tert-OH is 1. The van der Waals surface area contributed by atoms with Crippen LogP contribution in [-0.2, 0) is 4.74 Å². The van der Waals surface area contributed by atoms with E-state index in [9.17, 15) is 0 Å². The van der Waals surface area contributed by atoms with E-state index in [4.69, 9.17) is 9.84 Å². The van der Waals surface area contributed by atoms with Gasteiger partial charge in [0.1, 0.15) is 5.60 Å². The molecule has 0 aromatic rings. The number of halogens is 1. The lowest BCUT2D eigenvalue weighted by atomic mass is 10.0. The molecule has 1 rings (SSSR count). The van der Waals surface area contributed by atoms with Gasteiger partial charge in [-0.15, -0.1) is 0 Å². The van der Waals surface area contributed by atoms with Crippen molar-refractivity contribution >= 4 is 22.6 Å². The Balaban J connectivity index is 2.51. The second kappa shape index (κ2) is 5.05. The van der Waals surface area contributed by atoms with E-state index in [1.165, 1.54) is 12.8 Å². The third kappa shape index (κ3) is 2.61. The lowest BCUT2D eigenvalue weighted by Gasteiger charge is -2.22. The summed E-state index contributed by atoms with van der Waals surface area (Å²) < 4.78 is 8.42. The van der Waals surface area contributed by atoms with E-state index in [1.807, 2.05) is 22.6 Å². The lowest BCUT2D eigenvalue weighted by molar-refractivity contribution is -0.0132. The summed E-state index contributed by atoms with van der Waals surface area (Å²) in [4.78, 5) is 0. The van der Waals surface area contributed by atoms with Crippen molar-refractivity contribution in [3.63, 3.8) is 0 Å². The molecular formula is C9H13IO2. The summed E-state index contributed by atoms with van der Waals surface area (Å²) >= 11 is 2.04. The molecule has 0 unspecified atom stereocenters. The molecule has 1 aliphatic rings. The molecule has 0 atom stereocenters. The van der Waals surface area contributed by atoms with E-state index < -0.39 is 0 Å². The smallest absolute Gasteiger partial charge is 0.129 e. The zero-order valence-electron chi connectivity index (χ0n) is 6.98. The van der Waals surface area contributed by atoms with Gasteiger partial charge in [-0.1, -0.05) is 5.92 Å². The standard InChI is InChI=1S/C9H13IO2/c10-6-5-9(12-8-7-11)3-1-2-4-9/h11H,1-4,7-8H2. The maximum Gasteiger partial charge on any atom is 0.129 e. The molecule has 68 valence electrons. The summed E-state index contributed by atoms with van der Waals surface area (Å²) in [5.41, 5.74) is -0.232. The minimum Gasteiger partial charge on any atom is -0.394 e. The van der Waals surface area contributed by atoms with Gasteiger partial charge in [0.05, 0.1) is 13.2 Å². The van der Waals surface area contributed by atoms with Crippen LogP contribution in [0.1, 0.15) is 25.7 Å². The van der Waals surface area contributed by atoms with Crippen molar-refractivity contribution in [1.82, 2.24) is 0 Å². The summed E-state index contributed by atoms with van der Waals surface area (Å²) in [5, 5.41) is 8.63. The molecule has 3 heteroatoms. The topological polar surface area (TPSA) is 29.5 Å². The maximum absolute atomic E-state index is 8.63. The quantitative estimate of drug-likeness (QED) is 0.630. The molecule has 0 amide bonds. The molecule has 1 aliphatic carbocycles. The molecule has 0 bridgehead atoms. The third-order valence-corrected chi connectivity index (χ3v) is 2.43. The number of ether oxygens (including phenoxy) is 1. The Morgan fingerprint density at radius 1 is 1.42 bits per heavy atom. The number of rotatable bonds is 3. The molecule has 1 saturated carbocycles. The Bertz CT molecular complexity index is 186. The summed E-state index contributed by atoms with van der Waals surface area (Å²) in [6.07, 6.45) is 4.42. The van der Waals surface area contributed by atoms with Crippen LogP contribution in [-0.4, -0.2) is 23.9 Å². The van der Waals surface area contributed by atoms with Crippen molar-refractivity contribution < 1.29 is 9.84 Å². The van der Waals surface area contributed by atoms with Crippen molar-refractivity contribution in [2.24, 2.45) is 0 Å². The zero-order chi connectivity index (χ0) is 8.86. The second-order valence-electron chi connectivity index (χ2n) is 2.99. The SMILES string of the molecule is OCCOC1(C#CI)CCCC1. The van der Waals surface area contributed by atoms with Crippen molar-refractivity contribution in [3.8, 4) is 9.85 Å². The van der Waals surface area contributed by atoms with E-state index in [0.717, 1.165) is 12.8 Å². The van der Waals surface area contributed by atoms with Crippen molar-refractivity contribution in [2.45, 2.75) is 31.3 Å². The van der Waals surface area contributed by atoms with Crippen molar-refractivity contribution in [1.29, 1.82) is 0 Å². The van der Waals surface area contributed by atoms with Crippen molar-refractivity contribution in [3.05, 3.63) is 0 Å². The number of aliphatic hydroxyl groups is 1. The van der Waals surface area contributed by atoms with Gasteiger partial charge in [0.2, 0.25) is 0 Å². The van der Waals surface area contributed by atoms with Crippen LogP contribution in [0.5, 0.6) is 0 Å². The summed E-state index contributed by atoms with van der Waals surface area (Å²) in [6.45, 7) is 0.496. The monoisotopic (exact) mass is 280 g/mol. The molecular weight excluding hydrogens is 267 g/mol. The minimum absolute atomic E-state index is 0.0880.